The monoisotopic (exact) mass is 360 g/mol. The zero-order valence-electron chi connectivity index (χ0n) is 14.1. The van der Waals surface area contributed by atoms with E-state index in [2.05, 4.69) is 41.7 Å². The minimum absolute atomic E-state index is 0.0918. The quantitative estimate of drug-likeness (QED) is 0.466. The molecule has 1 aliphatic rings. The Hall–Kier alpha value is -2.62. The van der Waals surface area contributed by atoms with Crippen molar-refractivity contribution in [1.29, 1.82) is 0 Å². The first-order valence-corrected chi connectivity index (χ1v) is 9.13. The van der Waals surface area contributed by atoms with Crippen LogP contribution in [0.25, 0.3) is 32.9 Å². The van der Waals surface area contributed by atoms with Gasteiger partial charge in [-0.15, -0.1) is 0 Å². The number of pyridine rings is 1. The van der Waals surface area contributed by atoms with E-state index in [1.807, 2.05) is 6.07 Å². The summed E-state index contributed by atoms with van der Waals surface area (Å²) < 4.78 is 0. The number of aromatic nitrogens is 1. The Morgan fingerprint density at radius 3 is 2.77 bits per heavy atom. The van der Waals surface area contributed by atoms with Gasteiger partial charge in [0.15, 0.2) is 0 Å². The van der Waals surface area contributed by atoms with Gasteiger partial charge in [0, 0.05) is 17.5 Å². The molecule has 0 amide bonds. The van der Waals surface area contributed by atoms with E-state index in [1.54, 1.807) is 12.1 Å². The lowest BCUT2D eigenvalue weighted by molar-refractivity contribution is 0.475. The van der Waals surface area contributed by atoms with Crippen molar-refractivity contribution in [2.24, 2.45) is 0 Å². The van der Waals surface area contributed by atoms with E-state index >= 15 is 0 Å². The highest BCUT2D eigenvalue weighted by Gasteiger charge is 2.20. The molecule has 1 aromatic heterocycles. The predicted molar refractivity (Wildman–Crippen MR) is 107 cm³/mol. The standard InChI is InChI=1S/C22H17ClN2O/c23-18-11-14(6-8-20(18)26)22-17-12-24-10-9-16(17)21-15-4-2-1-3-13(15)5-7-19(21)25-22/h1-8,11,24,26H,9-10,12H2. The number of hydrogen-bond acceptors (Lipinski definition) is 3. The molecule has 0 bridgehead atoms. The van der Waals surface area contributed by atoms with Crippen molar-refractivity contribution >= 4 is 33.3 Å². The van der Waals surface area contributed by atoms with Gasteiger partial charge in [-0.1, -0.05) is 41.9 Å². The SMILES string of the molecule is Oc1ccc(-c2nc3ccc4ccccc4c3c3c2CNCC3)cc1Cl. The van der Waals surface area contributed by atoms with E-state index in [0.717, 1.165) is 36.3 Å². The molecular weight excluding hydrogens is 344 g/mol. The second kappa shape index (κ2) is 5.97. The van der Waals surface area contributed by atoms with Crippen LogP contribution in [0.1, 0.15) is 11.1 Å². The predicted octanol–water partition coefficient (Wildman–Crippen LogP) is 5.06. The average molecular weight is 361 g/mol. The van der Waals surface area contributed by atoms with Crippen molar-refractivity contribution in [2.45, 2.75) is 13.0 Å². The van der Waals surface area contributed by atoms with E-state index in [-0.39, 0.29) is 5.75 Å². The summed E-state index contributed by atoms with van der Waals surface area (Å²) in [7, 11) is 0. The van der Waals surface area contributed by atoms with Gasteiger partial charge in [0.05, 0.1) is 16.2 Å². The number of phenols is 1. The molecule has 3 nitrogen and oxygen atoms in total. The Bertz CT molecular complexity index is 1170. The largest absolute Gasteiger partial charge is 0.506 e. The van der Waals surface area contributed by atoms with Crippen molar-refractivity contribution in [3.63, 3.8) is 0 Å². The van der Waals surface area contributed by atoms with Gasteiger partial charge in [0.2, 0.25) is 0 Å². The minimum atomic E-state index is 0.0918. The van der Waals surface area contributed by atoms with E-state index in [9.17, 15) is 5.11 Å². The van der Waals surface area contributed by atoms with Crippen LogP contribution in [0, 0.1) is 0 Å². The van der Waals surface area contributed by atoms with Gasteiger partial charge in [0.25, 0.3) is 0 Å². The molecule has 0 unspecified atom stereocenters. The van der Waals surface area contributed by atoms with Crippen molar-refractivity contribution in [1.82, 2.24) is 10.3 Å². The van der Waals surface area contributed by atoms with Crippen LogP contribution in [0.2, 0.25) is 5.02 Å². The molecule has 0 saturated carbocycles. The van der Waals surface area contributed by atoms with Crippen molar-refractivity contribution in [3.8, 4) is 17.0 Å². The zero-order valence-corrected chi connectivity index (χ0v) is 14.8. The van der Waals surface area contributed by atoms with Gasteiger partial charge in [-0.05, 0) is 59.1 Å². The fraction of sp³-hybridized carbons (Fsp3) is 0.136. The number of fused-ring (bicyclic) bond motifs is 5. The number of nitrogens with zero attached hydrogens (tertiary/aromatic N) is 1. The number of hydrogen-bond donors (Lipinski definition) is 2. The summed E-state index contributed by atoms with van der Waals surface area (Å²) in [5.41, 5.74) is 5.47. The molecule has 4 aromatic rings. The molecule has 0 aliphatic carbocycles. The topological polar surface area (TPSA) is 45.2 Å². The fourth-order valence-corrected chi connectivity index (χ4v) is 4.12. The Kier molecular flexibility index (Phi) is 3.59. The molecule has 0 spiro atoms. The number of phenolic OH excluding ortho intramolecular Hbond substituents is 1. The van der Waals surface area contributed by atoms with Gasteiger partial charge in [0.1, 0.15) is 5.75 Å². The van der Waals surface area contributed by atoms with E-state index in [1.165, 1.54) is 27.3 Å². The maximum absolute atomic E-state index is 9.75. The molecule has 128 valence electrons. The summed E-state index contributed by atoms with van der Waals surface area (Å²) in [6.07, 6.45) is 0.973. The number of rotatable bonds is 1. The van der Waals surface area contributed by atoms with Crippen LogP contribution < -0.4 is 5.32 Å². The summed E-state index contributed by atoms with van der Waals surface area (Å²) in [6.45, 7) is 1.75. The second-order valence-corrected chi connectivity index (χ2v) is 7.10. The fourth-order valence-electron chi connectivity index (χ4n) is 3.94. The van der Waals surface area contributed by atoms with Gasteiger partial charge in [-0.3, -0.25) is 0 Å². The van der Waals surface area contributed by atoms with Crippen LogP contribution in [0.4, 0.5) is 0 Å². The molecule has 3 aromatic carbocycles. The molecule has 26 heavy (non-hydrogen) atoms. The average Bonchev–Trinajstić information content (AvgIpc) is 2.69. The third-order valence-corrected chi connectivity index (χ3v) is 5.47. The lowest BCUT2D eigenvalue weighted by Gasteiger charge is -2.23. The number of benzene rings is 3. The van der Waals surface area contributed by atoms with Gasteiger partial charge < -0.3 is 10.4 Å². The van der Waals surface area contributed by atoms with Crippen molar-refractivity contribution < 1.29 is 5.11 Å². The second-order valence-electron chi connectivity index (χ2n) is 6.69. The minimum Gasteiger partial charge on any atom is -0.506 e. The van der Waals surface area contributed by atoms with E-state index in [4.69, 9.17) is 16.6 Å². The Labute approximate surface area is 156 Å². The lowest BCUT2D eigenvalue weighted by atomic mass is 9.90. The molecule has 0 fully saturated rings. The van der Waals surface area contributed by atoms with Gasteiger partial charge >= 0.3 is 0 Å². The van der Waals surface area contributed by atoms with E-state index < -0.39 is 0 Å². The first-order chi connectivity index (χ1) is 12.7. The summed E-state index contributed by atoms with van der Waals surface area (Å²) in [5, 5.41) is 17.3. The van der Waals surface area contributed by atoms with Crippen LogP contribution in [-0.2, 0) is 13.0 Å². The maximum Gasteiger partial charge on any atom is 0.134 e. The van der Waals surface area contributed by atoms with Crippen LogP contribution >= 0.6 is 11.6 Å². The highest BCUT2D eigenvalue weighted by atomic mass is 35.5. The van der Waals surface area contributed by atoms with Crippen molar-refractivity contribution in [2.75, 3.05) is 6.54 Å². The summed E-state index contributed by atoms with van der Waals surface area (Å²) in [5.74, 6) is 0.0918. The van der Waals surface area contributed by atoms with Gasteiger partial charge in [-0.25, -0.2) is 4.98 Å². The van der Waals surface area contributed by atoms with Crippen LogP contribution in [0.3, 0.4) is 0 Å². The number of aromatic hydroxyl groups is 1. The maximum atomic E-state index is 9.75. The molecule has 2 heterocycles. The molecule has 5 rings (SSSR count). The first kappa shape index (κ1) is 15.6. The first-order valence-electron chi connectivity index (χ1n) is 8.75. The Morgan fingerprint density at radius 2 is 1.88 bits per heavy atom. The van der Waals surface area contributed by atoms with Crippen LogP contribution in [0.5, 0.6) is 5.75 Å². The summed E-state index contributed by atoms with van der Waals surface area (Å²) in [6, 6.07) is 18.0. The zero-order chi connectivity index (χ0) is 17.7. The third-order valence-electron chi connectivity index (χ3n) is 5.17. The highest BCUT2D eigenvalue weighted by Crippen LogP contribution is 2.37. The molecule has 1 aliphatic heterocycles. The summed E-state index contributed by atoms with van der Waals surface area (Å²) in [4.78, 5) is 5.00. The smallest absolute Gasteiger partial charge is 0.134 e. The van der Waals surface area contributed by atoms with Crippen molar-refractivity contribution in [3.05, 3.63) is 70.7 Å². The normalized spacial score (nSPS) is 13.9. The Morgan fingerprint density at radius 1 is 1.00 bits per heavy atom. The molecule has 0 atom stereocenters. The Balaban J connectivity index is 1.88. The van der Waals surface area contributed by atoms with Gasteiger partial charge in [-0.2, -0.15) is 0 Å². The third kappa shape index (κ3) is 2.36. The number of halogens is 1. The highest BCUT2D eigenvalue weighted by molar-refractivity contribution is 6.32. The molecule has 0 saturated heterocycles. The summed E-state index contributed by atoms with van der Waals surface area (Å²) >= 11 is 6.15. The van der Waals surface area contributed by atoms with Crippen LogP contribution in [-0.4, -0.2) is 16.6 Å². The van der Waals surface area contributed by atoms with Crippen LogP contribution in [0.15, 0.2) is 54.6 Å². The molecule has 2 N–H and O–H groups in total. The molecular formula is C22H17ClN2O. The number of nitrogens with one attached hydrogen (secondary N) is 1. The molecule has 0 radical (unpaired) electrons. The lowest BCUT2D eigenvalue weighted by Crippen LogP contribution is -2.25. The molecule has 4 heteroatoms. The van der Waals surface area contributed by atoms with E-state index in [0.29, 0.717) is 5.02 Å².